The number of non-ortho nitro benzene ring substituents is 1. The Labute approximate surface area is 97.3 Å². The molecule has 0 aromatic heterocycles. The van der Waals surface area contributed by atoms with Crippen molar-refractivity contribution >= 4 is 21.4 Å². The molecule has 1 aromatic carbocycles. The van der Waals surface area contributed by atoms with E-state index in [0.717, 1.165) is 18.2 Å². The van der Waals surface area contributed by atoms with E-state index in [2.05, 4.69) is 5.32 Å². The lowest BCUT2D eigenvalue weighted by molar-refractivity contribution is -0.384. The summed E-state index contributed by atoms with van der Waals surface area (Å²) in [7, 11) is -3.97. The first-order valence-electron chi connectivity index (χ1n) is 4.52. The van der Waals surface area contributed by atoms with E-state index in [9.17, 15) is 18.5 Å². The van der Waals surface area contributed by atoms with Crippen molar-refractivity contribution in [2.75, 3.05) is 18.5 Å². The Morgan fingerprint density at radius 2 is 2.12 bits per heavy atom. The number of hydrogen-bond acceptors (Lipinski definition) is 6. The van der Waals surface area contributed by atoms with Crippen LogP contribution in [0.1, 0.15) is 0 Å². The summed E-state index contributed by atoms with van der Waals surface area (Å²) in [6, 6.07) is 3.15. The number of hydrogen-bond donors (Lipinski definition) is 3. The minimum atomic E-state index is -3.97. The second-order valence-electron chi connectivity index (χ2n) is 3.13. The molecule has 94 valence electrons. The molecule has 0 heterocycles. The van der Waals surface area contributed by atoms with Gasteiger partial charge in [-0.2, -0.15) is 0 Å². The first kappa shape index (κ1) is 13.4. The van der Waals surface area contributed by atoms with Gasteiger partial charge in [0.2, 0.25) is 10.0 Å². The fourth-order valence-corrected chi connectivity index (χ4v) is 1.90. The summed E-state index contributed by atoms with van der Waals surface area (Å²) < 4.78 is 22.4. The number of aliphatic hydroxyl groups excluding tert-OH is 1. The first-order valence-corrected chi connectivity index (χ1v) is 6.07. The Balaban J connectivity index is 3.26. The average molecular weight is 261 g/mol. The predicted octanol–water partition coefficient (Wildman–Crippen LogP) is -0.354. The van der Waals surface area contributed by atoms with Gasteiger partial charge in [-0.15, -0.1) is 0 Å². The van der Waals surface area contributed by atoms with Crippen LogP contribution in [0.4, 0.5) is 11.4 Å². The van der Waals surface area contributed by atoms with E-state index in [1.165, 1.54) is 0 Å². The Morgan fingerprint density at radius 3 is 2.59 bits per heavy atom. The largest absolute Gasteiger partial charge is 0.395 e. The monoisotopic (exact) mass is 261 g/mol. The van der Waals surface area contributed by atoms with Gasteiger partial charge in [0.15, 0.2) is 0 Å². The summed E-state index contributed by atoms with van der Waals surface area (Å²) >= 11 is 0. The fraction of sp³-hybridized carbons (Fsp3) is 0.250. The molecule has 0 fully saturated rings. The van der Waals surface area contributed by atoms with Crippen LogP contribution in [-0.4, -0.2) is 31.6 Å². The van der Waals surface area contributed by atoms with Crippen LogP contribution in [0.15, 0.2) is 23.1 Å². The highest BCUT2D eigenvalue weighted by atomic mass is 32.2. The van der Waals surface area contributed by atoms with Crippen LogP contribution in [0, 0.1) is 10.1 Å². The number of benzene rings is 1. The van der Waals surface area contributed by atoms with E-state index in [1.54, 1.807) is 0 Å². The molecule has 0 unspecified atom stereocenters. The van der Waals surface area contributed by atoms with Crippen molar-refractivity contribution < 1.29 is 18.4 Å². The smallest absolute Gasteiger partial charge is 0.271 e. The summed E-state index contributed by atoms with van der Waals surface area (Å²) in [4.78, 5) is 9.63. The number of nitro benzene ring substituents is 1. The van der Waals surface area contributed by atoms with Gasteiger partial charge in [0, 0.05) is 18.7 Å². The normalized spacial score (nSPS) is 11.2. The summed E-state index contributed by atoms with van der Waals surface area (Å²) in [6.07, 6.45) is 0. The number of rotatable bonds is 5. The molecule has 1 rings (SSSR count). The highest BCUT2D eigenvalue weighted by Gasteiger charge is 2.17. The van der Waals surface area contributed by atoms with Gasteiger partial charge in [0.05, 0.1) is 17.2 Å². The second-order valence-corrected chi connectivity index (χ2v) is 4.66. The lowest BCUT2D eigenvalue weighted by Gasteiger charge is -2.09. The van der Waals surface area contributed by atoms with Gasteiger partial charge < -0.3 is 10.4 Å². The number of nitrogens with two attached hydrogens (primary N) is 1. The molecule has 0 radical (unpaired) electrons. The molecular formula is C8H11N3O5S. The molecule has 0 saturated heterocycles. The third-order valence-electron chi connectivity index (χ3n) is 1.91. The van der Waals surface area contributed by atoms with Gasteiger partial charge in [-0.25, -0.2) is 13.6 Å². The maximum absolute atomic E-state index is 11.2. The van der Waals surface area contributed by atoms with Crippen LogP contribution in [-0.2, 0) is 10.0 Å². The van der Waals surface area contributed by atoms with E-state index < -0.39 is 14.9 Å². The van der Waals surface area contributed by atoms with Crippen molar-refractivity contribution in [1.29, 1.82) is 0 Å². The van der Waals surface area contributed by atoms with Crippen LogP contribution < -0.4 is 10.5 Å². The lowest BCUT2D eigenvalue weighted by Crippen LogP contribution is -2.16. The number of anilines is 1. The first-order chi connectivity index (χ1) is 7.86. The molecule has 9 heteroatoms. The van der Waals surface area contributed by atoms with Gasteiger partial charge in [-0.1, -0.05) is 0 Å². The zero-order valence-electron chi connectivity index (χ0n) is 8.66. The molecule has 0 saturated carbocycles. The summed E-state index contributed by atoms with van der Waals surface area (Å²) in [5, 5.41) is 26.7. The molecule has 0 atom stereocenters. The Morgan fingerprint density at radius 1 is 1.47 bits per heavy atom. The third-order valence-corrected chi connectivity index (χ3v) is 2.88. The van der Waals surface area contributed by atoms with Crippen molar-refractivity contribution in [3.8, 4) is 0 Å². The number of nitrogens with one attached hydrogen (secondary N) is 1. The SMILES string of the molecule is NS(=O)(=O)c1ccc([N+](=O)[O-])cc1NCCO. The molecule has 0 aliphatic heterocycles. The Kier molecular flexibility index (Phi) is 3.99. The Bertz CT molecular complexity index is 528. The molecule has 0 spiro atoms. The molecule has 8 nitrogen and oxygen atoms in total. The van der Waals surface area contributed by atoms with E-state index in [1.807, 2.05) is 0 Å². The topological polar surface area (TPSA) is 136 Å². The summed E-state index contributed by atoms with van der Waals surface area (Å²) in [5.74, 6) is 0. The second kappa shape index (κ2) is 5.08. The lowest BCUT2D eigenvalue weighted by atomic mass is 10.3. The highest BCUT2D eigenvalue weighted by molar-refractivity contribution is 7.89. The van der Waals surface area contributed by atoms with Crippen molar-refractivity contribution in [3.05, 3.63) is 28.3 Å². The molecule has 1 aromatic rings. The molecular weight excluding hydrogens is 250 g/mol. The van der Waals surface area contributed by atoms with Crippen molar-refractivity contribution in [2.45, 2.75) is 4.90 Å². The van der Waals surface area contributed by atoms with Crippen LogP contribution in [0.5, 0.6) is 0 Å². The minimum Gasteiger partial charge on any atom is -0.395 e. The molecule has 0 amide bonds. The maximum Gasteiger partial charge on any atom is 0.271 e. The number of sulfonamides is 1. The van der Waals surface area contributed by atoms with Crippen molar-refractivity contribution in [1.82, 2.24) is 0 Å². The number of nitro groups is 1. The number of primary sulfonamides is 1. The maximum atomic E-state index is 11.2. The van der Waals surface area contributed by atoms with Gasteiger partial charge in [-0.05, 0) is 6.07 Å². The van der Waals surface area contributed by atoms with E-state index in [0.29, 0.717) is 0 Å². The molecule has 4 N–H and O–H groups in total. The molecule has 17 heavy (non-hydrogen) atoms. The molecule has 0 bridgehead atoms. The molecule has 0 aliphatic rings. The minimum absolute atomic E-state index is 0.00394. The Hall–Kier alpha value is -1.71. The van der Waals surface area contributed by atoms with Crippen molar-refractivity contribution in [2.24, 2.45) is 5.14 Å². The standard InChI is InChI=1S/C8H11N3O5S/c9-17(15,16)8-2-1-6(11(13)14)5-7(8)10-3-4-12/h1-2,5,10,12H,3-4H2,(H2,9,15,16). The third kappa shape index (κ3) is 3.37. The van der Waals surface area contributed by atoms with Crippen LogP contribution >= 0.6 is 0 Å². The zero-order chi connectivity index (χ0) is 13.1. The van der Waals surface area contributed by atoms with Gasteiger partial charge in [0.25, 0.3) is 5.69 Å². The predicted molar refractivity (Wildman–Crippen MR) is 60.0 cm³/mol. The quantitative estimate of drug-likeness (QED) is 0.489. The van der Waals surface area contributed by atoms with Gasteiger partial charge in [-0.3, -0.25) is 10.1 Å². The van der Waals surface area contributed by atoms with Crippen LogP contribution in [0.25, 0.3) is 0 Å². The van der Waals surface area contributed by atoms with Gasteiger partial charge >= 0.3 is 0 Å². The van der Waals surface area contributed by atoms with E-state index >= 15 is 0 Å². The number of nitrogens with zero attached hydrogens (tertiary/aromatic N) is 1. The van der Waals surface area contributed by atoms with Crippen LogP contribution in [0.3, 0.4) is 0 Å². The number of aliphatic hydroxyl groups is 1. The highest BCUT2D eigenvalue weighted by Crippen LogP contribution is 2.25. The summed E-state index contributed by atoms with van der Waals surface area (Å²) in [6.45, 7) is -0.184. The van der Waals surface area contributed by atoms with E-state index in [-0.39, 0.29) is 29.4 Å². The zero-order valence-corrected chi connectivity index (χ0v) is 9.48. The summed E-state index contributed by atoms with van der Waals surface area (Å²) in [5.41, 5.74) is -0.270. The average Bonchev–Trinajstić information content (AvgIpc) is 2.24. The van der Waals surface area contributed by atoms with Crippen molar-refractivity contribution in [3.63, 3.8) is 0 Å². The molecule has 0 aliphatic carbocycles. The fourth-order valence-electron chi connectivity index (χ4n) is 1.21. The van der Waals surface area contributed by atoms with Gasteiger partial charge in [0.1, 0.15) is 4.90 Å². The van der Waals surface area contributed by atoms with Crippen LogP contribution in [0.2, 0.25) is 0 Å². The van der Waals surface area contributed by atoms with E-state index in [4.69, 9.17) is 10.2 Å².